The number of morpholine rings is 1. The lowest BCUT2D eigenvalue weighted by atomic mass is 9.85. The number of fused-ring (bicyclic) bond motifs is 1. The summed E-state index contributed by atoms with van der Waals surface area (Å²) in [4.78, 5) is 32.4. The summed E-state index contributed by atoms with van der Waals surface area (Å²) in [7, 11) is 0. The van der Waals surface area contributed by atoms with E-state index in [-0.39, 0.29) is 11.8 Å². The lowest BCUT2D eigenvalue weighted by molar-refractivity contribution is -0.135. The van der Waals surface area contributed by atoms with Gasteiger partial charge in [0, 0.05) is 51.2 Å². The average Bonchev–Trinajstić information content (AvgIpc) is 3.46. The van der Waals surface area contributed by atoms with E-state index in [2.05, 4.69) is 15.1 Å². The number of aromatic amines is 1. The molecule has 1 unspecified atom stereocenters. The van der Waals surface area contributed by atoms with Gasteiger partial charge in [-0.15, -0.1) is 0 Å². The Hall–Kier alpha value is -2.45. The Morgan fingerprint density at radius 2 is 1.90 bits per heavy atom. The van der Waals surface area contributed by atoms with Crippen LogP contribution in [0.2, 0.25) is 0 Å². The Morgan fingerprint density at radius 1 is 1.10 bits per heavy atom. The molecule has 154 valence electrons. The first kappa shape index (κ1) is 18.6. The van der Waals surface area contributed by atoms with E-state index < -0.39 is 5.41 Å². The van der Waals surface area contributed by atoms with E-state index in [1.54, 1.807) is 0 Å². The zero-order valence-electron chi connectivity index (χ0n) is 16.6. The number of rotatable bonds is 4. The standard InChI is InChI=1S/C21H27N5O3/c27-19(18-16-3-1-2-4-17(16)22-23-18)26-8-6-21(15-26)5-7-25(20(21)28)10-9-24-11-13-29-14-12-24/h1-4H,5-15H2,(H,22,23). The minimum Gasteiger partial charge on any atom is -0.379 e. The zero-order valence-corrected chi connectivity index (χ0v) is 16.6. The van der Waals surface area contributed by atoms with Crippen molar-refractivity contribution in [2.45, 2.75) is 12.8 Å². The minimum atomic E-state index is -0.410. The SMILES string of the molecule is O=C(c1n[nH]c2ccccc12)N1CCC2(CCN(CCN3CCOCC3)C2=O)C1. The number of nitrogens with one attached hydrogen (secondary N) is 1. The van der Waals surface area contributed by atoms with Crippen molar-refractivity contribution in [2.24, 2.45) is 5.41 Å². The summed E-state index contributed by atoms with van der Waals surface area (Å²) < 4.78 is 5.39. The highest BCUT2D eigenvalue weighted by Gasteiger charge is 2.51. The second-order valence-corrected chi connectivity index (χ2v) is 8.37. The second kappa shape index (κ2) is 7.42. The van der Waals surface area contributed by atoms with Crippen LogP contribution in [0.15, 0.2) is 24.3 Å². The van der Waals surface area contributed by atoms with Crippen LogP contribution >= 0.6 is 0 Å². The zero-order chi connectivity index (χ0) is 19.8. The van der Waals surface area contributed by atoms with Gasteiger partial charge in [-0.05, 0) is 18.9 Å². The second-order valence-electron chi connectivity index (χ2n) is 8.37. The molecule has 3 saturated heterocycles. The van der Waals surface area contributed by atoms with Crippen LogP contribution in [-0.2, 0) is 9.53 Å². The lowest BCUT2D eigenvalue weighted by Gasteiger charge is -2.29. The predicted molar refractivity (Wildman–Crippen MR) is 108 cm³/mol. The lowest BCUT2D eigenvalue weighted by Crippen LogP contribution is -2.43. The third-order valence-corrected chi connectivity index (χ3v) is 6.70. The number of para-hydroxylation sites is 1. The average molecular weight is 397 g/mol. The molecule has 8 nitrogen and oxygen atoms in total. The largest absolute Gasteiger partial charge is 0.379 e. The fourth-order valence-electron chi connectivity index (χ4n) is 4.89. The molecule has 0 radical (unpaired) electrons. The molecule has 0 saturated carbocycles. The van der Waals surface area contributed by atoms with Gasteiger partial charge in [-0.25, -0.2) is 0 Å². The molecule has 4 heterocycles. The summed E-state index contributed by atoms with van der Waals surface area (Å²) in [6, 6.07) is 7.65. The highest BCUT2D eigenvalue weighted by atomic mass is 16.5. The Kier molecular flexibility index (Phi) is 4.75. The fraction of sp³-hybridized carbons (Fsp3) is 0.571. The monoisotopic (exact) mass is 397 g/mol. The van der Waals surface area contributed by atoms with E-state index in [0.717, 1.165) is 69.7 Å². The van der Waals surface area contributed by atoms with E-state index in [1.807, 2.05) is 34.1 Å². The maximum atomic E-state index is 13.2. The third-order valence-electron chi connectivity index (χ3n) is 6.70. The number of hydrogen-bond donors (Lipinski definition) is 1. The van der Waals surface area contributed by atoms with Crippen LogP contribution in [0.25, 0.3) is 10.9 Å². The number of hydrogen-bond acceptors (Lipinski definition) is 5. The minimum absolute atomic E-state index is 0.0844. The van der Waals surface area contributed by atoms with Crippen LogP contribution in [0, 0.1) is 5.41 Å². The Labute approximate surface area is 169 Å². The number of aromatic nitrogens is 2. The van der Waals surface area contributed by atoms with Gasteiger partial charge in [0.25, 0.3) is 5.91 Å². The van der Waals surface area contributed by atoms with Gasteiger partial charge in [0.2, 0.25) is 5.91 Å². The number of carbonyl (C=O) groups is 2. The molecule has 2 amide bonds. The van der Waals surface area contributed by atoms with Gasteiger partial charge in [-0.2, -0.15) is 5.10 Å². The molecule has 1 aromatic carbocycles. The Bertz CT molecular complexity index is 922. The molecule has 1 N–H and O–H groups in total. The van der Waals surface area contributed by atoms with E-state index in [4.69, 9.17) is 4.74 Å². The number of ether oxygens (including phenoxy) is 1. The smallest absolute Gasteiger partial charge is 0.275 e. The fourth-order valence-corrected chi connectivity index (χ4v) is 4.89. The summed E-state index contributed by atoms with van der Waals surface area (Å²) in [5, 5.41) is 8.01. The number of H-pyrrole nitrogens is 1. The topological polar surface area (TPSA) is 81.8 Å². The van der Waals surface area contributed by atoms with Crippen LogP contribution in [0.3, 0.4) is 0 Å². The molecular formula is C21H27N5O3. The van der Waals surface area contributed by atoms with Crippen molar-refractivity contribution < 1.29 is 14.3 Å². The maximum absolute atomic E-state index is 13.2. The number of likely N-dealkylation sites (tertiary alicyclic amines) is 2. The maximum Gasteiger partial charge on any atom is 0.275 e. The molecule has 1 aromatic heterocycles. The van der Waals surface area contributed by atoms with Gasteiger partial charge in [0.15, 0.2) is 5.69 Å². The predicted octanol–water partition coefficient (Wildman–Crippen LogP) is 0.960. The van der Waals surface area contributed by atoms with Crippen molar-refractivity contribution >= 4 is 22.7 Å². The van der Waals surface area contributed by atoms with Crippen LogP contribution in [-0.4, -0.2) is 95.7 Å². The molecule has 1 spiro atoms. The molecule has 29 heavy (non-hydrogen) atoms. The molecular weight excluding hydrogens is 370 g/mol. The molecule has 8 heteroatoms. The van der Waals surface area contributed by atoms with Crippen LogP contribution in [0.4, 0.5) is 0 Å². The van der Waals surface area contributed by atoms with Crippen LogP contribution < -0.4 is 0 Å². The molecule has 0 bridgehead atoms. The molecule has 3 fully saturated rings. The van der Waals surface area contributed by atoms with E-state index in [1.165, 1.54) is 0 Å². The molecule has 3 aliphatic rings. The van der Waals surface area contributed by atoms with Crippen molar-refractivity contribution in [2.75, 3.05) is 59.0 Å². The first-order valence-corrected chi connectivity index (χ1v) is 10.5. The number of amides is 2. The molecule has 2 aromatic rings. The van der Waals surface area contributed by atoms with Gasteiger partial charge in [0.05, 0.1) is 24.1 Å². The first-order valence-electron chi connectivity index (χ1n) is 10.5. The van der Waals surface area contributed by atoms with Crippen molar-refractivity contribution in [3.05, 3.63) is 30.0 Å². The van der Waals surface area contributed by atoms with Crippen molar-refractivity contribution in [1.29, 1.82) is 0 Å². The van der Waals surface area contributed by atoms with Gasteiger partial charge in [-0.3, -0.25) is 19.6 Å². The van der Waals surface area contributed by atoms with Crippen molar-refractivity contribution in [3.63, 3.8) is 0 Å². The van der Waals surface area contributed by atoms with Crippen molar-refractivity contribution in [3.8, 4) is 0 Å². The van der Waals surface area contributed by atoms with Gasteiger partial charge in [0.1, 0.15) is 0 Å². The van der Waals surface area contributed by atoms with Gasteiger partial charge in [-0.1, -0.05) is 18.2 Å². The van der Waals surface area contributed by atoms with Gasteiger partial charge >= 0.3 is 0 Å². The molecule has 0 aliphatic carbocycles. The summed E-state index contributed by atoms with van der Waals surface area (Å²) in [6.45, 7) is 6.99. The van der Waals surface area contributed by atoms with Crippen molar-refractivity contribution in [1.82, 2.24) is 24.9 Å². The summed E-state index contributed by atoms with van der Waals surface area (Å²) >= 11 is 0. The van der Waals surface area contributed by atoms with Gasteiger partial charge < -0.3 is 14.5 Å². The molecule has 1 atom stereocenters. The molecule has 3 aliphatic heterocycles. The Balaban J connectivity index is 1.24. The van der Waals surface area contributed by atoms with E-state index in [0.29, 0.717) is 18.8 Å². The first-order chi connectivity index (χ1) is 14.2. The normalized spacial score (nSPS) is 25.6. The number of carbonyl (C=O) groups excluding carboxylic acids is 2. The summed E-state index contributed by atoms with van der Waals surface area (Å²) in [6.07, 6.45) is 1.58. The number of benzene rings is 1. The summed E-state index contributed by atoms with van der Waals surface area (Å²) in [5.74, 6) is 0.131. The van der Waals surface area contributed by atoms with Crippen LogP contribution in [0.5, 0.6) is 0 Å². The third kappa shape index (κ3) is 3.30. The highest BCUT2D eigenvalue weighted by molar-refractivity contribution is 6.05. The summed E-state index contributed by atoms with van der Waals surface area (Å²) in [5.41, 5.74) is 0.899. The number of nitrogens with zero attached hydrogens (tertiary/aromatic N) is 4. The highest BCUT2D eigenvalue weighted by Crippen LogP contribution is 2.41. The Morgan fingerprint density at radius 3 is 2.76 bits per heavy atom. The van der Waals surface area contributed by atoms with E-state index >= 15 is 0 Å². The molecule has 5 rings (SSSR count). The van der Waals surface area contributed by atoms with Crippen LogP contribution in [0.1, 0.15) is 23.3 Å². The quantitative estimate of drug-likeness (QED) is 0.831. The van der Waals surface area contributed by atoms with E-state index in [9.17, 15) is 9.59 Å².